The van der Waals surface area contributed by atoms with Gasteiger partial charge in [-0.05, 0) is 23.8 Å². The van der Waals surface area contributed by atoms with Crippen LogP contribution in [-0.4, -0.2) is 46.3 Å². The Morgan fingerprint density at radius 2 is 1.78 bits per heavy atom. The summed E-state index contributed by atoms with van der Waals surface area (Å²) in [6.07, 6.45) is 1.40. The predicted molar refractivity (Wildman–Crippen MR) is 69.1 cm³/mol. The summed E-state index contributed by atoms with van der Waals surface area (Å²) in [5, 5.41) is 19.3. The smallest absolute Gasteiger partial charge is 0.246 e. The van der Waals surface area contributed by atoms with Gasteiger partial charge in [0, 0.05) is 24.2 Å². The van der Waals surface area contributed by atoms with Crippen LogP contribution in [0.2, 0.25) is 5.02 Å². The lowest BCUT2D eigenvalue weighted by Crippen LogP contribution is -2.27. The van der Waals surface area contributed by atoms with Crippen molar-refractivity contribution in [1.29, 1.82) is 0 Å². The summed E-state index contributed by atoms with van der Waals surface area (Å²) in [6.45, 7) is 0.343. The molecule has 1 aliphatic rings. The van der Waals surface area contributed by atoms with Crippen molar-refractivity contribution in [1.82, 2.24) is 4.90 Å². The van der Waals surface area contributed by atoms with Gasteiger partial charge in [0.25, 0.3) is 0 Å². The molecule has 1 aromatic rings. The molecule has 5 heteroatoms. The molecule has 96 valence electrons. The Labute approximate surface area is 110 Å². The van der Waals surface area contributed by atoms with Crippen LogP contribution in [0.4, 0.5) is 0 Å². The number of β-amino-alcohol motifs (C(OH)–C–C–N with tert-alkyl or cyclic N) is 2. The van der Waals surface area contributed by atoms with E-state index in [0.29, 0.717) is 5.02 Å². The fraction of sp³-hybridized carbons (Fsp3) is 0.308. The third-order valence-electron chi connectivity index (χ3n) is 2.86. The quantitative estimate of drug-likeness (QED) is 0.784. The number of carbonyl (C=O) groups is 1. The minimum Gasteiger partial charge on any atom is -0.388 e. The number of benzene rings is 1. The summed E-state index contributed by atoms with van der Waals surface area (Å²) in [4.78, 5) is 13.2. The van der Waals surface area contributed by atoms with Crippen LogP contribution in [0, 0.1) is 0 Å². The summed E-state index contributed by atoms with van der Waals surface area (Å²) in [5.74, 6) is -0.222. The van der Waals surface area contributed by atoms with Gasteiger partial charge in [-0.3, -0.25) is 4.79 Å². The largest absolute Gasteiger partial charge is 0.388 e. The molecule has 0 unspecified atom stereocenters. The van der Waals surface area contributed by atoms with Crippen LogP contribution in [0.1, 0.15) is 5.56 Å². The van der Waals surface area contributed by atoms with E-state index in [1.54, 1.807) is 30.3 Å². The first kappa shape index (κ1) is 13.1. The van der Waals surface area contributed by atoms with Gasteiger partial charge in [-0.15, -0.1) is 0 Å². The lowest BCUT2D eigenvalue weighted by Gasteiger charge is -2.11. The normalized spacial score (nSPS) is 23.8. The molecule has 1 fully saturated rings. The Morgan fingerprint density at radius 3 is 2.33 bits per heavy atom. The van der Waals surface area contributed by atoms with E-state index in [2.05, 4.69) is 0 Å². The second-order valence-corrected chi connectivity index (χ2v) is 4.70. The van der Waals surface area contributed by atoms with E-state index < -0.39 is 12.2 Å². The molecular formula is C13H14ClNO3. The molecule has 2 atom stereocenters. The summed E-state index contributed by atoms with van der Waals surface area (Å²) in [5.41, 5.74) is 0.869. The van der Waals surface area contributed by atoms with Gasteiger partial charge in [-0.25, -0.2) is 0 Å². The third kappa shape index (κ3) is 3.10. The van der Waals surface area contributed by atoms with Crippen molar-refractivity contribution >= 4 is 23.6 Å². The molecule has 18 heavy (non-hydrogen) atoms. The molecule has 0 aliphatic carbocycles. The van der Waals surface area contributed by atoms with Crippen LogP contribution < -0.4 is 0 Å². The summed E-state index contributed by atoms with van der Waals surface area (Å²) in [7, 11) is 0. The van der Waals surface area contributed by atoms with Gasteiger partial charge < -0.3 is 15.1 Å². The monoisotopic (exact) mass is 267 g/mol. The molecule has 2 rings (SSSR count). The van der Waals surface area contributed by atoms with Crippen LogP contribution in [0.25, 0.3) is 6.08 Å². The minimum absolute atomic E-state index is 0.172. The predicted octanol–water partition coefficient (Wildman–Crippen LogP) is 0.917. The van der Waals surface area contributed by atoms with Gasteiger partial charge in [-0.2, -0.15) is 0 Å². The van der Waals surface area contributed by atoms with E-state index in [9.17, 15) is 15.0 Å². The van der Waals surface area contributed by atoms with Gasteiger partial charge in [0.15, 0.2) is 0 Å². The highest BCUT2D eigenvalue weighted by Gasteiger charge is 2.31. The molecule has 1 saturated heterocycles. The zero-order chi connectivity index (χ0) is 13.1. The van der Waals surface area contributed by atoms with Crippen molar-refractivity contribution in [2.75, 3.05) is 13.1 Å². The number of halogens is 1. The average Bonchev–Trinajstić information content (AvgIpc) is 2.69. The maximum Gasteiger partial charge on any atom is 0.246 e. The molecule has 0 bridgehead atoms. The molecule has 1 aliphatic heterocycles. The second-order valence-electron chi connectivity index (χ2n) is 4.26. The summed E-state index contributed by atoms with van der Waals surface area (Å²) < 4.78 is 0. The number of hydrogen-bond acceptors (Lipinski definition) is 3. The van der Waals surface area contributed by atoms with Crippen LogP contribution in [0.15, 0.2) is 30.3 Å². The number of aliphatic hydroxyl groups excluding tert-OH is 2. The van der Waals surface area contributed by atoms with E-state index in [-0.39, 0.29) is 19.0 Å². The van der Waals surface area contributed by atoms with Crippen molar-refractivity contribution in [3.8, 4) is 0 Å². The van der Waals surface area contributed by atoms with Crippen LogP contribution in [0.5, 0.6) is 0 Å². The minimum atomic E-state index is -0.849. The van der Waals surface area contributed by atoms with Gasteiger partial charge in [0.05, 0.1) is 12.2 Å². The first-order chi connectivity index (χ1) is 8.56. The van der Waals surface area contributed by atoms with Crippen LogP contribution in [-0.2, 0) is 4.79 Å². The fourth-order valence-electron chi connectivity index (χ4n) is 1.80. The van der Waals surface area contributed by atoms with E-state index in [1.807, 2.05) is 0 Å². The first-order valence-electron chi connectivity index (χ1n) is 5.65. The molecule has 1 amide bonds. The van der Waals surface area contributed by atoms with Crippen molar-refractivity contribution < 1.29 is 15.0 Å². The van der Waals surface area contributed by atoms with E-state index in [0.717, 1.165) is 5.56 Å². The zero-order valence-corrected chi connectivity index (χ0v) is 10.4. The highest BCUT2D eigenvalue weighted by Crippen LogP contribution is 2.13. The maximum absolute atomic E-state index is 11.8. The average molecular weight is 268 g/mol. The van der Waals surface area contributed by atoms with Crippen molar-refractivity contribution in [2.45, 2.75) is 12.2 Å². The number of rotatable bonds is 2. The Bertz CT molecular complexity index is 448. The number of carbonyl (C=O) groups excluding carboxylic acids is 1. The third-order valence-corrected chi connectivity index (χ3v) is 3.11. The number of likely N-dealkylation sites (tertiary alicyclic amines) is 1. The van der Waals surface area contributed by atoms with Gasteiger partial charge in [0.1, 0.15) is 0 Å². The lowest BCUT2D eigenvalue weighted by molar-refractivity contribution is -0.125. The molecule has 2 N–H and O–H groups in total. The Hall–Kier alpha value is -1.36. The SMILES string of the molecule is O=C(C=Cc1ccc(Cl)cc1)N1C[C@@H](O)[C@@H](O)C1. The summed E-state index contributed by atoms with van der Waals surface area (Å²) >= 11 is 5.76. The fourth-order valence-corrected chi connectivity index (χ4v) is 1.92. The molecule has 0 saturated carbocycles. The van der Waals surface area contributed by atoms with E-state index in [1.165, 1.54) is 11.0 Å². The van der Waals surface area contributed by atoms with Crippen molar-refractivity contribution in [2.24, 2.45) is 0 Å². The van der Waals surface area contributed by atoms with Crippen molar-refractivity contribution in [3.05, 3.63) is 40.9 Å². The Morgan fingerprint density at radius 1 is 1.22 bits per heavy atom. The van der Waals surface area contributed by atoms with Crippen LogP contribution in [0.3, 0.4) is 0 Å². The second kappa shape index (κ2) is 5.52. The van der Waals surface area contributed by atoms with Crippen molar-refractivity contribution in [3.63, 3.8) is 0 Å². The van der Waals surface area contributed by atoms with E-state index >= 15 is 0 Å². The molecule has 4 nitrogen and oxygen atoms in total. The molecule has 0 aromatic heterocycles. The Balaban J connectivity index is 1.97. The van der Waals surface area contributed by atoms with E-state index in [4.69, 9.17) is 11.6 Å². The Kier molecular flexibility index (Phi) is 4.01. The number of nitrogens with zero attached hydrogens (tertiary/aromatic N) is 1. The number of hydrogen-bond donors (Lipinski definition) is 2. The van der Waals surface area contributed by atoms with Gasteiger partial charge in [0.2, 0.25) is 5.91 Å². The molecule has 1 heterocycles. The molecule has 1 aromatic carbocycles. The zero-order valence-electron chi connectivity index (χ0n) is 9.66. The highest BCUT2D eigenvalue weighted by molar-refractivity contribution is 6.30. The number of amides is 1. The highest BCUT2D eigenvalue weighted by atomic mass is 35.5. The standard InChI is InChI=1S/C13H14ClNO3/c14-10-4-1-9(2-5-10)3-6-13(18)15-7-11(16)12(17)8-15/h1-6,11-12,16-17H,7-8H2/t11-,12+. The van der Waals surface area contributed by atoms with Gasteiger partial charge >= 0.3 is 0 Å². The topological polar surface area (TPSA) is 60.8 Å². The first-order valence-corrected chi connectivity index (χ1v) is 6.03. The number of aliphatic hydroxyl groups is 2. The summed E-state index contributed by atoms with van der Waals surface area (Å²) in [6, 6.07) is 7.10. The maximum atomic E-state index is 11.8. The van der Waals surface area contributed by atoms with Crippen LogP contribution >= 0.6 is 11.6 Å². The lowest BCUT2D eigenvalue weighted by atomic mass is 10.2. The van der Waals surface area contributed by atoms with Gasteiger partial charge in [-0.1, -0.05) is 23.7 Å². The molecular weight excluding hydrogens is 254 g/mol. The molecule has 0 spiro atoms. The molecule has 0 radical (unpaired) electrons.